The van der Waals surface area contributed by atoms with E-state index >= 15 is 0 Å². The molecule has 3 aromatic rings. The first-order chi connectivity index (χ1) is 14.8. The zero-order valence-corrected chi connectivity index (χ0v) is 16.2. The van der Waals surface area contributed by atoms with Gasteiger partial charge in [-0.1, -0.05) is 12.1 Å². The van der Waals surface area contributed by atoms with E-state index in [0.717, 1.165) is 13.3 Å². The summed E-state index contributed by atoms with van der Waals surface area (Å²) in [5.74, 6) is -1.83. The largest absolute Gasteiger partial charge is 0.453 e. The van der Waals surface area contributed by atoms with Crippen LogP contribution in [0.15, 0.2) is 36.7 Å². The average Bonchev–Trinajstić information content (AvgIpc) is 2.75. The minimum absolute atomic E-state index is 0.0529. The maximum atomic E-state index is 14.5. The van der Waals surface area contributed by atoms with Crippen LogP contribution in [0.4, 0.5) is 36.6 Å². The first kappa shape index (κ1) is 21.4. The molecule has 0 atom stereocenters. The summed E-state index contributed by atoms with van der Waals surface area (Å²) in [5, 5.41) is 13.5. The van der Waals surface area contributed by atoms with Crippen LogP contribution in [0.2, 0.25) is 0 Å². The molecule has 12 heteroatoms. The molecule has 0 aliphatic carbocycles. The van der Waals surface area contributed by atoms with E-state index in [1.807, 2.05) is 0 Å². The molecule has 7 N–H and O–H groups in total. The molecule has 1 amide bonds. The number of nitrogens with two attached hydrogens (primary N) is 2. The number of amides is 1. The van der Waals surface area contributed by atoms with E-state index in [1.165, 1.54) is 30.5 Å². The fourth-order valence-electron chi connectivity index (χ4n) is 2.65. The molecule has 160 valence electrons. The molecule has 0 unspecified atom stereocenters. The van der Waals surface area contributed by atoms with Crippen LogP contribution in [-0.2, 0) is 11.3 Å². The van der Waals surface area contributed by atoms with Gasteiger partial charge in [-0.15, -0.1) is 0 Å². The summed E-state index contributed by atoms with van der Waals surface area (Å²) in [4.78, 5) is 23.0. The first-order valence-corrected chi connectivity index (χ1v) is 8.79. The van der Waals surface area contributed by atoms with Crippen LogP contribution < -0.4 is 22.1 Å². The lowest BCUT2D eigenvalue weighted by Gasteiger charge is -2.15. The molecular weight excluding hydrogens is 410 g/mol. The third-order valence-corrected chi connectivity index (χ3v) is 4.20. The van der Waals surface area contributed by atoms with E-state index in [2.05, 4.69) is 30.3 Å². The average molecular weight is 428 g/mol. The lowest BCUT2D eigenvalue weighted by molar-refractivity contribution is 0.187. The molecule has 0 fully saturated rings. The van der Waals surface area contributed by atoms with Gasteiger partial charge in [0.05, 0.1) is 19.0 Å². The number of hydrogen-bond donors (Lipinski definition) is 5. The lowest BCUT2D eigenvalue weighted by Crippen LogP contribution is -2.19. The minimum atomic E-state index is -0.829. The Morgan fingerprint density at radius 2 is 1.84 bits per heavy atom. The Labute approximate surface area is 175 Å². The van der Waals surface area contributed by atoms with Crippen LogP contribution in [0, 0.1) is 17.0 Å². The number of rotatable bonds is 6. The number of nitrogens with one attached hydrogen (secondary N) is 3. The fraction of sp³-hybridized carbons (Fsp3) is 0.105. The van der Waals surface area contributed by atoms with E-state index in [9.17, 15) is 13.6 Å². The van der Waals surface area contributed by atoms with Crippen molar-refractivity contribution in [3.05, 3.63) is 65.2 Å². The van der Waals surface area contributed by atoms with E-state index in [0.29, 0.717) is 0 Å². The summed E-state index contributed by atoms with van der Waals surface area (Å²) >= 11 is 0. The Hall–Kier alpha value is -4.35. The molecule has 0 aliphatic rings. The Kier molecular flexibility index (Phi) is 6.19. The number of ether oxygens (including phenoxy) is 1. The minimum Gasteiger partial charge on any atom is -0.453 e. The van der Waals surface area contributed by atoms with Crippen LogP contribution in [0.25, 0.3) is 0 Å². The molecule has 0 spiro atoms. The molecule has 0 aliphatic heterocycles. The molecule has 0 saturated carbocycles. The maximum Gasteiger partial charge on any atom is 0.411 e. The second kappa shape index (κ2) is 8.98. The highest BCUT2D eigenvalue weighted by Gasteiger charge is 2.20. The molecule has 0 bridgehead atoms. The van der Waals surface area contributed by atoms with Gasteiger partial charge in [0.1, 0.15) is 23.0 Å². The van der Waals surface area contributed by atoms with Crippen LogP contribution in [0.1, 0.15) is 17.0 Å². The van der Waals surface area contributed by atoms with Gasteiger partial charge in [0.2, 0.25) is 0 Å². The molecule has 2 aromatic heterocycles. The quantitative estimate of drug-likeness (QED) is 0.374. The zero-order valence-electron chi connectivity index (χ0n) is 16.2. The predicted molar refractivity (Wildman–Crippen MR) is 111 cm³/mol. The number of nitrogen functional groups attached to an aromatic ring is 2. The monoisotopic (exact) mass is 428 g/mol. The van der Waals surface area contributed by atoms with Crippen molar-refractivity contribution in [3.8, 4) is 0 Å². The van der Waals surface area contributed by atoms with Crippen LogP contribution in [-0.4, -0.2) is 33.9 Å². The third kappa shape index (κ3) is 4.63. The maximum absolute atomic E-state index is 14.5. The highest BCUT2D eigenvalue weighted by Crippen LogP contribution is 2.27. The van der Waals surface area contributed by atoms with Gasteiger partial charge in [-0.3, -0.25) is 15.7 Å². The number of halogens is 2. The van der Waals surface area contributed by atoms with Crippen molar-refractivity contribution < 1.29 is 18.3 Å². The predicted octanol–water partition coefficient (Wildman–Crippen LogP) is 2.52. The van der Waals surface area contributed by atoms with Crippen LogP contribution in [0.3, 0.4) is 0 Å². The summed E-state index contributed by atoms with van der Waals surface area (Å²) in [5.41, 5.74) is 11.6. The van der Waals surface area contributed by atoms with Crippen molar-refractivity contribution in [1.29, 1.82) is 5.41 Å². The molecule has 0 saturated heterocycles. The summed E-state index contributed by atoms with van der Waals surface area (Å²) in [7, 11) is 1.16. The van der Waals surface area contributed by atoms with Crippen molar-refractivity contribution in [1.82, 2.24) is 15.0 Å². The summed E-state index contributed by atoms with van der Waals surface area (Å²) in [6.45, 7) is -0.0529. The number of methoxy groups -OCH3 is 1. The Morgan fingerprint density at radius 1 is 1.13 bits per heavy atom. The first-order valence-electron chi connectivity index (χ1n) is 8.79. The molecular formula is C19H18F2N8O2. The Balaban J connectivity index is 1.93. The number of aromatic nitrogens is 3. The molecule has 1 aromatic carbocycles. The summed E-state index contributed by atoms with van der Waals surface area (Å²) < 4.78 is 32.8. The number of pyridine rings is 1. The zero-order chi connectivity index (χ0) is 22.5. The van der Waals surface area contributed by atoms with E-state index in [4.69, 9.17) is 16.9 Å². The topological polar surface area (TPSA) is 165 Å². The van der Waals surface area contributed by atoms with E-state index in [-0.39, 0.29) is 52.2 Å². The number of benzene rings is 1. The van der Waals surface area contributed by atoms with Crippen molar-refractivity contribution in [2.24, 2.45) is 0 Å². The van der Waals surface area contributed by atoms with E-state index in [1.54, 1.807) is 0 Å². The number of anilines is 4. The highest BCUT2D eigenvalue weighted by molar-refractivity contribution is 6.12. The van der Waals surface area contributed by atoms with Gasteiger partial charge in [0, 0.05) is 23.9 Å². The molecule has 10 nitrogen and oxygen atoms in total. The van der Waals surface area contributed by atoms with Gasteiger partial charge in [-0.05, 0) is 12.1 Å². The second-order valence-electron chi connectivity index (χ2n) is 6.17. The second-order valence-corrected chi connectivity index (χ2v) is 6.17. The smallest absolute Gasteiger partial charge is 0.411 e. The van der Waals surface area contributed by atoms with Crippen molar-refractivity contribution in [2.45, 2.75) is 6.54 Å². The van der Waals surface area contributed by atoms with Gasteiger partial charge >= 0.3 is 6.09 Å². The van der Waals surface area contributed by atoms with Crippen molar-refractivity contribution in [3.63, 3.8) is 0 Å². The van der Waals surface area contributed by atoms with Gasteiger partial charge in [0.15, 0.2) is 17.5 Å². The lowest BCUT2D eigenvalue weighted by atomic mass is 10.1. The number of carbonyl (C=O) groups is 1. The Bertz CT molecular complexity index is 1130. The number of hydrogen-bond acceptors (Lipinski definition) is 9. The number of carbonyl (C=O) groups excluding carboxylic acids is 1. The molecule has 31 heavy (non-hydrogen) atoms. The van der Waals surface area contributed by atoms with E-state index < -0.39 is 17.7 Å². The normalized spacial score (nSPS) is 10.4. The standard InChI is InChI=1S/C19H18F2N8O2/c1-31-19(30)27-15-16(23)28-18(29-17(15)24)13(22)10-3-2-4-11(20)14(10)26-7-9-5-6-25-8-12(9)21/h2-6,8,22,26H,7H2,1H3,(H,27,30)(H4,23,24,28,29). The SMILES string of the molecule is COC(=O)Nc1c(N)nc(C(=N)c2cccc(F)c2NCc2ccncc2F)nc1N. The highest BCUT2D eigenvalue weighted by atomic mass is 19.1. The molecule has 2 heterocycles. The Morgan fingerprint density at radius 3 is 2.48 bits per heavy atom. The van der Waals surface area contributed by atoms with Crippen molar-refractivity contribution in [2.75, 3.05) is 29.2 Å². The third-order valence-electron chi connectivity index (χ3n) is 4.20. The molecule has 0 radical (unpaired) electrons. The fourth-order valence-corrected chi connectivity index (χ4v) is 2.65. The number of nitrogens with zero attached hydrogens (tertiary/aromatic N) is 3. The summed E-state index contributed by atoms with van der Waals surface area (Å²) in [6.07, 6.45) is 1.63. The van der Waals surface area contributed by atoms with Crippen LogP contribution in [0.5, 0.6) is 0 Å². The van der Waals surface area contributed by atoms with Gasteiger partial charge < -0.3 is 21.5 Å². The summed E-state index contributed by atoms with van der Waals surface area (Å²) in [6, 6.07) is 5.50. The molecule has 3 rings (SSSR count). The van der Waals surface area contributed by atoms with Gasteiger partial charge in [-0.2, -0.15) is 0 Å². The van der Waals surface area contributed by atoms with Crippen LogP contribution >= 0.6 is 0 Å². The van der Waals surface area contributed by atoms with Gasteiger partial charge in [-0.25, -0.2) is 23.5 Å². The van der Waals surface area contributed by atoms with Crippen molar-refractivity contribution >= 4 is 34.8 Å². The number of para-hydroxylation sites is 1. The van der Waals surface area contributed by atoms with Gasteiger partial charge in [0.25, 0.3) is 0 Å².